The molecule has 1 atom stereocenters. The third kappa shape index (κ3) is 3.25. The maximum Gasteiger partial charge on any atom is 0.254 e. The summed E-state index contributed by atoms with van der Waals surface area (Å²) < 4.78 is 6.89. The van der Waals surface area contributed by atoms with Crippen LogP contribution in [0.3, 0.4) is 0 Å². The van der Waals surface area contributed by atoms with E-state index < -0.39 is 0 Å². The molecule has 1 N–H and O–H groups in total. The molecule has 1 fully saturated rings. The molecule has 26 heavy (non-hydrogen) atoms. The third-order valence-corrected chi connectivity index (χ3v) is 5.34. The predicted octanol–water partition coefficient (Wildman–Crippen LogP) is 0.982. The van der Waals surface area contributed by atoms with E-state index in [1.54, 1.807) is 13.4 Å². The number of carbonyl (C=O) groups is 1. The molecule has 8 heteroatoms. The molecule has 0 saturated carbocycles. The monoisotopic (exact) mass is 358 g/mol. The molecule has 1 amide bonds. The van der Waals surface area contributed by atoms with Gasteiger partial charge in [-0.05, 0) is 38.5 Å². The number of ether oxygens (including phenoxy) is 1. The molecule has 2 aromatic heterocycles. The van der Waals surface area contributed by atoms with Crippen molar-refractivity contribution in [3.63, 3.8) is 0 Å². The van der Waals surface area contributed by atoms with Crippen LogP contribution in [0.5, 0.6) is 0 Å². The van der Waals surface area contributed by atoms with Gasteiger partial charge in [0.2, 0.25) is 5.91 Å². The van der Waals surface area contributed by atoms with Crippen molar-refractivity contribution in [2.45, 2.75) is 38.5 Å². The lowest BCUT2D eigenvalue weighted by Crippen LogP contribution is -2.44. The van der Waals surface area contributed by atoms with E-state index in [0.29, 0.717) is 18.9 Å². The highest BCUT2D eigenvalue weighted by Crippen LogP contribution is 2.32. The number of hydrogen-bond donors (Lipinski definition) is 1. The van der Waals surface area contributed by atoms with Crippen molar-refractivity contribution in [3.05, 3.63) is 17.6 Å². The Labute approximate surface area is 152 Å². The molecule has 3 heterocycles. The zero-order valence-electron chi connectivity index (χ0n) is 15.3. The highest BCUT2D eigenvalue weighted by Gasteiger charge is 2.30. The molecule has 2 aromatic rings. The van der Waals surface area contributed by atoms with Crippen LogP contribution < -0.4 is 10.2 Å². The molecular formula is C18H26N6O2. The van der Waals surface area contributed by atoms with Gasteiger partial charge in [-0.25, -0.2) is 4.98 Å². The van der Waals surface area contributed by atoms with Crippen molar-refractivity contribution in [2.75, 3.05) is 38.3 Å². The average Bonchev–Trinajstić information content (AvgIpc) is 3.32. The van der Waals surface area contributed by atoms with Crippen LogP contribution in [0.25, 0.3) is 5.78 Å². The highest BCUT2D eigenvalue weighted by molar-refractivity contribution is 5.79. The molecule has 0 radical (unpaired) electrons. The lowest BCUT2D eigenvalue weighted by Gasteiger charge is -2.34. The van der Waals surface area contributed by atoms with E-state index in [1.165, 1.54) is 5.56 Å². The number of nitrogens with one attached hydrogen (secondary N) is 1. The van der Waals surface area contributed by atoms with E-state index in [-0.39, 0.29) is 11.8 Å². The summed E-state index contributed by atoms with van der Waals surface area (Å²) >= 11 is 0. The van der Waals surface area contributed by atoms with Gasteiger partial charge < -0.3 is 15.0 Å². The fourth-order valence-corrected chi connectivity index (χ4v) is 4.08. The second-order valence-corrected chi connectivity index (χ2v) is 7.11. The molecular weight excluding hydrogens is 332 g/mol. The Morgan fingerprint density at radius 1 is 1.38 bits per heavy atom. The SMILES string of the molecule is COCCCNC(=O)C1CCCN(c2c3c(nc4ncnn24)CCC3)C1. The first-order valence-electron chi connectivity index (χ1n) is 9.51. The van der Waals surface area contributed by atoms with Crippen molar-refractivity contribution in [2.24, 2.45) is 5.92 Å². The number of aromatic nitrogens is 4. The molecule has 1 saturated heterocycles. The Bertz CT molecular complexity index is 789. The number of methoxy groups -OCH3 is 1. The van der Waals surface area contributed by atoms with E-state index in [4.69, 9.17) is 4.74 Å². The number of anilines is 1. The smallest absolute Gasteiger partial charge is 0.254 e. The lowest BCUT2D eigenvalue weighted by atomic mass is 9.96. The fraction of sp³-hybridized carbons (Fsp3) is 0.667. The summed E-state index contributed by atoms with van der Waals surface area (Å²) in [6.45, 7) is 3.01. The molecule has 1 aliphatic heterocycles. The molecule has 1 unspecified atom stereocenters. The van der Waals surface area contributed by atoms with Crippen LogP contribution in [-0.2, 0) is 22.4 Å². The van der Waals surface area contributed by atoms with Crippen molar-refractivity contribution in [1.29, 1.82) is 0 Å². The van der Waals surface area contributed by atoms with Gasteiger partial charge in [0, 0.05) is 38.9 Å². The minimum Gasteiger partial charge on any atom is -0.385 e. The lowest BCUT2D eigenvalue weighted by molar-refractivity contribution is -0.125. The predicted molar refractivity (Wildman–Crippen MR) is 97.2 cm³/mol. The van der Waals surface area contributed by atoms with E-state index in [2.05, 4.69) is 25.3 Å². The Balaban J connectivity index is 1.53. The largest absolute Gasteiger partial charge is 0.385 e. The van der Waals surface area contributed by atoms with E-state index in [0.717, 1.165) is 63.1 Å². The molecule has 140 valence electrons. The second-order valence-electron chi connectivity index (χ2n) is 7.11. The Hall–Kier alpha value is -2.22. The minimum atomic E-state index is 0.00934. The summed E-state index contributed by atoms with van der Waals surface area (Å²) in [5.74, 6) is 1.91. The van der Waals surface area contributed by atoms with Gasteiger partial charge in [-0.3, -0.25) is 4.79 Å². The number of fused-ring (bicyclic) bond motifs is 2. The maximum absolute atomic E-state index is 12.6. The van der Waals surface area contributed by atoms with Crippen molar-refractivity contribution in [1.82, 2.24) is 24.9 Å². The summed E-state index contributed by atoms with van der Waals surface area (Å²) in [6, 6.07) is 0. The van der Waals surface area contributed by atoms with Crippen molar-refractivity contribution >= 4 is 17.5 Å². The van der Waals surface area contributed by atoms with Crippen molar-refractivity contribution in [3.8, 4) is 0 Å². The summed E-state index contributed by atoms with van der Waals surface area (Å²) in [7, 11) is 1.68. The first kappa shape index (κ1) is 17.2. The van der Waals surface area contributed by atoms with E-state index in [1.807, 2.05) is 4.52 Å². The molecule has 2 aliphatic rings. The first-order chi connectivity index (χ1) is 12.8. The molecule has 8 nitrogen and oxygen atoms in total. The molecule has 0 bridgehead atoms. The number of hydrogen-bond acceptors (Lipinski definition) is 6. The van der Waals surface area contributed by atoms with Gasteiger partial charge in [-0.2, -0.15) is 14.6 Å². The number of aryl methyl sites for hydroxylation is 1. The van der Waals surface area contributed by atoms with Crippen molar-refractivity contribution < 1.29 is 9.53 Å². The Kier molecular flexibility index (Phi) is 5.01. The van der Waals surface area contributed by atoms with Gasteiger partial charge in [-0.15, -0.1) is 0 Å². The number of piperidine rings is 1. The van der Waals surface area contributed by atoms with Crippen LogP contribution >= 0.6 is 0 Å². The maximum atomic E-state index is 12.6. The fourth-order valence-electron chi connectivity index (χ4n) is 4.08. The van der Waals surface area contributed by atoms with Gasteiger partial charge in [0.1, 0.15) is 12.1 Å². The number of amides is 1. The second kappa shape index (κ2) is 7.57. The van der Waals surface area contributed by atoms with Gasteiger partial charge >= 0.3 is 0 Å². The van der Waals surface area contributed by atoms with Gasteiger partial charge in [-0.1, -0.05) is 0 Å². The zero-order valence-corrected chi connectivity index (χ0v) is 15.3. The van der Waals surface area contributed by atoms with Crippen LogP contribution in [0.4, 0.5) is 5.82 Å². The highest BCUT2D eigenvalue weighted by atomic mass is 16.5. The standard InChI is InChI=1S/C18H26N6O2/c1-26-10-4-8-19-16(25)13-5-3-9-23(11-13)17-14-6-2-7-15(14)22-18-20-12-21-24(17)18/h12-13H,2-11H2,1H3,(H,19,25). The van der Waals surface area contributed by atoms with Gasteiger partial charge in [0.25, 0.3) is 5.78 Å². The molecule has 4 rings (SSSR count). The van der Waals surface area contributed by atoms with E-state index in [9.17, 15) is 4.79 Å². The first-order valence-corrected chi connectivity index (χ1v) is 9.51. The summed E-state index contributed by atoms with van der Waals surface area (Å²) in [6.07, 6.45) is 7.49. The van der Waals surface area contributed by atoms with Gasteiger partial charge in [0.05, 0.1) is 11.6 Å². The minimum absolute atomic E-state index is 0.00934. The summed E-state index contributed by atoms with van der Waals surface area (Å²) in [5.41, 5.74) is 2.43. The number of carbonyl (C=O) groups excluding carboxylic acids is 1. The van der Waals surface area contributed by atoms with Crippen LogP contribution in [0.1, 0.15) is 36.9 Å². The van der Waals surface area contributed by atoms with Crippen LogP contribution in [0.15, 0.2) is 6.33 Å². The average molecular weight is 358 g/mol. The van der Waals surface area contributed by atoms with E-state index >= 15 is 0 Å². The summed E-state index contributed by atoms with van der Waals surface area (Å²) in [5, 5.41) is 7.45. The number of rotatable bonds is 6. The quantitative estimate of drug-likeness (QED) is 0.775. The zero-order chi connectivity index (χ0) is 17.9. The molecule has 0 spiro atoms. The van der Waals surface area contributed by atoms with Gasteiger partial charge in [0.15, 0.2) is 0 Å². The third-order valence-electron chi connectivity index (χ3n) is 5.34. The topological polar surface area (TPSA) is 84.6 Å². The normalized spacial score (nSPS) is 19.7. The molecule has 1 aliphatic carbocycles. The van der Waals surface area contributed by atoms with Crippen LogP contribution in [-0.4, -0.2) is 58.8 Å². The Morgan fingerprint density at radius 3 is 3.19 bits per heavy atom. The Morgan fingerprint density at radius 2 is 2.31 bits per heavy atom. The van der Waals surface area contributed by atoms with Crippen LogP contribution in [0.2, 0.25) is 0 Å². The molecule has 0 aromatic carbocycles. The van der Waals surface area contributed by atoms with Crippen LogP contribution in [0, 0.1) is 5.92 Å². The number of nitrogens with zero attached hydrogens (tertiary/aromatic N) is 5. The summed E-state index contributed by atoms with van der Waals surface area (Å²) in [4.78, 5) is 23.8.